The third-order valence-electron chi connectivity index (χ3n) is 2.36. The Hall–Kier alpha value is -0.610. The average Bonchev–Trinajstić information content (AvgIpc) is 2.19. The van der Waals surface area contributed by atoms with Crippen LogP contribution in [0.15, 0.2) is 22.8 Å². The quantitative estimate of drug-likeness (QED) is 0.795. The Bertz CT molecular complexity index is 297. The Morgan fingerprint density at radius 2 is 2.43 bits per heavy atom. The van der Waals surface area contributed by atoms with Gasteiger partial charge in [-0.2, -0.15) is 0 Å². The maximum Gasteiger partial charge on any atom is 0.127 e. The molecule has 0 saturated carbocycles. The second-order valence-electron chi connectivity index (χ2n) is 3.53. The van der Waals surface area contributed by atoms with Gasteiger partial charge in [0.1, 0.15) is 10.4 Å². The Balaban J connectivity index is 1.95. The predicted octanol–water partition coefficient (Wildman–Crippen LogP) is 2.01. The highest BCUT2D eigenvalue weighted by Gasteiger charge is 2.12. The van der Waals surface area contributed by atoms with Gasteiger partial charge in [-0.25, -0.2) is 4.98 Å². The molecule has 1 aliphatic heterocycles. The summed E-state index contributed by atoms with van der Waals surface area (Å²) in [4.78, 5) is 4.35. The van der Waals surface area contributed by atoms with Crippen LogP contribution in [0.25, 0.3) is 0 Å². The number of rotatable bonds is 2. The van der Waals surface area contributed by atoms with Gasteiger partial charge in [-0.3, -0.25) is 0 Å². The highest BCUT2D eigenvalue weighted by molar-refractivity contribution is 9.10. The molecule has 14 heavy (non-hydrogen) atoms. The molecule has 0 spiro atoms. The van der Waals surface area contributed by atoms with Gasteiger partial charge in [-0.15, -0.1) is 0 Å². The first kappa shape index (κ1) is 9.93. The first-order valence-electron chi connectivity index (χ1n) is 4.94. The van der Waals surface area contributed by atoms with Crippen LogP contribution in [0, 0.1) is 0 Å². The predicted molar refractivity (Wildman–Crippen MR) is 61.5 cm³/mol. The molecule has 1 aliphatic rings. The van der Waals surface area contributed by atoms with Crippen LogP contribution < -0.4 is 10.6 Å². The summed E-state index contributed by atoms with van der Waals surface area (Å²) in [6.45, 7) is 2.18. The Labute approximate surface area is 92.4 Å². The lowest BCUT2D eigenvalue weighted by atomic mass is 10.1. The summed E-state index contributed by atoms with van der Waals surface area (Å²) in [5.74, 6) is 0.952. The van der Waals surface area contributed by atoms with Gasteiger partial charge < -0.3 is 10.6 Å². The summed E-state index contributed by atoms with van der Waals surface area (Å²) >= 11 is 3.36. The highest BCUT2D eigenvalue weighted by Crippen LogP contribution is 2.13. The van der Waals surface area contributed by atoms with Gasteiger partial charge in [0, 0.05) is 12.6 Å². The van der Waals surface area contributed by atoms with E-state index in [2.05, 4.69) is 31.5 Å². The Morgan fingerprint density at radius 3 is 3.14 bits per heavy atom. The molecule has 4 heteroatoms. The number of hydrogen-bond donors (Lipinski definition) is 2. The molecule has 1 saturated heterocycles. The molecule has 2 heterocycles. The van der Waals surface area contributed by atoms with Gasteiger partial charge in [0.2, 0.25) is 0 Å². The molecule has 0 radical (unpaired) electrons. The van der Waals surface area contributed by atoms with Gasteiger partial charge in [-0.1, -0.05) is 6.07 Å². The smallest absolute Gasteiger partial charge is 0.127 e. The average molecular weight is 256 g/mol. The van der Waals surface area contributed by atoms with Crippen LogP contribution >= 0.6 is 15.9 Å². The minimum Gasteiger partial charge on any atom is -0.366 e. The molecule has 0 amide bonds. The zero-order valence-corrected chi connectivity index (χ0v) is 9.55. The number of hydrogen-bond acceptors (Lipinski definition) is 3. The molecule has 1 aromatic rings. The van der Waals surface area contributed by atoms with Crippen LogP contribution in [-0.2, 0) is 0 Å². The van der Waals surface area contributed by atoms with E-state index in [1.54, 1.807) is 0 Å². The van der Waals surface area contributed by atoms with Gasteiger partial charge in [0.15, 0.2) is 0 Å². The van der Waals surface area contributed by atoms with E-state index in [4.69, 9.17) is 0 Å². The fourth-order valence-corrected chi connectivity index (χ4v) is 2.02. The summed E-state index contributed by atoms with van der Waals surface area (Å²) in [6.07, 6.45) is 2.47. The van der Waals surface area contributed by atoms with Crippen LogP contribution in [0.2, 0.25) is 0 Å². The largest absolute Gasteiger partial charge is 0.366 e. The second-order valence-corrected chi connectivity index (χ2v) is 4.35. The second kappa shape index (κ2) is 4.75. The van der Waals surface area contributed by atoms with Crippen LogP contribution in [0.3, 0.4) is 0 Å². The topological polar surface area (TPSA) is 37.0 Å². The summed E-state index contributed by atoms with van der Waals surface area (Å²) in [5, 5.41) is 6.79. The third-order valence-corrected chi connectivity index (χ3v) is 2.81. The van der Waals surface area contributed by atoms with E-state index in [-0.39, 0.29) is 0 Å². The van der Waals surface area contributed by atoms with Crippen molar-refractivity contribution in [1.29, 1.82) is 0 Å². The SMILES string of the molecule is Brc1cccc(NC2CCCNC2)n1. The first-order valence-corrected chi connectivity index (χ1v) is 5.74. The van der Waals surface area contributed by atoms with Crippen molar-refractivity contribution in [3.63, 3.8) is 0 Å². The van der Waals surface area contributed by atoms with E-state index in [1.807, 2.05) is 18.2 Å². The maximum absolute atomic E-state index is 4.35. The van der Waals surface area contributed by atoms with Gasteiger partial charge in [0.05, 0.1) is 0 Å². The number of nitrogens with zero attached hydrogens (tertiary/aromatic N) is 1. The Kier molecular flexibility index (Phi) is 3.37. The van der Waals surface area contributed by atoms with E-state index in [0.717, 1.165) is 23.5 Å². The van der Waals surface area contributed by atoms with Crippen molar-refractivity contribution in [3.8, 4) is 0 Å². The van der Waals surface area contributed by atoms with Crippen LogP contribution in [0.1, 0.15) is 12.8 Å². The van der Waals surface area contributed by atoms with Crippen molar-refractivity contribution in [2.45, 2.75) is 18.9 Å². The van der Waals surface area contributed by atoms with Crippen molar-refractivity contribution in [3.05, 3.63) is 22.8 Å². The molecule has 1 fully saturated rings. The molecule has 2 rings (SSSR count). The fourth-order valence-electron chi connectivity index (χ4n) is 1.67. The number of anilines is 1. The molecule has 0 aliphatic carbocycles. The van der Waals surface area contributed by atoms with Gasteiger partial charge in [-0.05, 0) is 47.4 Å². The minimum atomic E-state index is 0.519. The fraction of sp³-hybridized carbons (Fsp3) is 0.500. The molecule has 2 N–H and O–H groups in total. The molecule has 76 valence electrons. The molecule has 1 unspecified atom stereocenters. The molecule has 1 atom stereocenters. The van der Waals surface area contributed by atoms with E-state index in [0.29, 0.717) is 6.04 Å². The molecule has 1 aromatic heterocycles. The summed E-state index contributed by atoms with van der Waals surface area (Å²) in [6, 6.07) is 6.45. The van der Waals surface area contributed by atoms with Crippen LogP contribution in [0.4, 0.5) is 5.82 Å². The molecule has 0 aromatic carbocycles. The lowest BCUT2D eigenvalue weighted by molar-refractivity contribution is 0.479. The van der Waals surface area contributed by atoms with Crippen molar-refractivity contribution in [2.75, 3.05) is 18.4 Å². The lowest BCUT2D eigenvalue weighted by Crippen LogP contribution is -2.38. The summed E-state index contributed by atoms with van der Waals surface area (Å²) in [5.41, 5.74) is 0. The first-order chi connectivity index (χ1) is 6.84. The molecule has 0 bridgehead atoms. The number of nitrogens with one attached hydrogen (secondary N) is 2. The van der Waals surface area contributed by atoms with Crippen LogP contribution in [-0.4, -0.2) is 24.1 Å². The molecular weight excluding hydrogens is 242 g/mol. The van der Waals surface area contributed by atoms with Gasteiger partial charge >= 0.3 is 0 Å². The van der Waals surface area contributed by atoms with E-state index in [1.165, 1.54) is 12.8 Å². The van der Waals surface area contributed by atoms with Crippen molar-refractivity contribution in [1.82, 2.24) is 10.3 Å². The molecular formula is C10H14BrN3. The monoisotopic (exact) mass is 255 g/mol. The van der Waals surface area contributed by atoms with Crippen LogP contribution in [0.5, 0.6) is 0 Å². The van der Waals surface area contributed by atoms with Crippen molar-refractivity contribution in [2.24, 2.45) is 0 Å². The lowest BCUT2D eigenvalue weighted by Gasteiger charge is -2.24. The Morgan fingerprint density at radius 1 is 1.50 bits per heavy atom. The zero-order chi connectivity index (χ0) is 9.80. The molecule has 3 nitrogen and oxygen atoms in total. The van der Waals surface area contributed by atoms with E-state index in [9.17, 15) is 0 Å². The summed E-state index contributed by atoms with van der Waals surface area (Å²) in [7, 11) is 0. The van der Waals surface area contributed by atoms with E-state index >= 15 is 0 Å². The number of pyridine rings is 1. The van der Waals surface area contributed by atoms with Crippen molar-refractivity contribution < 1.29 is 0 Å². The number of halogens is 1. The van der Waals surface area contributed by atoms with E-state index < -0.39 is 0 Å². The number of aromatic nitrogens is 1. The normalized spacial score (nSPS) is 21.9. The standard InChI is InChI=1S/C10H14BrN3/c11-9-4-1-5-10(14-9)13-8-3-2-6-12-7-8/h1,4-5,8,12H,2-3,6-7H2,(H,13,14). The van der Waals surface area contributed by atoms with Crippen molar-refractivity contribution >= 4 is 21.7 Å². The van der Waals surface area contributed by atoms with Gasteiger partial charge in [0.25, 0.3) is 0 Å². The zero-order valence-electron chi connectivity index (χ0n) is 7.96. The maximum atomic E-state index is 4.35. The number of piperidine rings is 1. The minimum absolute atomic E-state index is 0.519. The third kappa shape index (κ3) is 2.69. The summed E-state index contributed by atoms with van der Waals surface area (Å²) < 4.78 is 0.881. The highest BCUT2D eigenvalue weighted by atomic mass is 79.9.